The molecule has 2 aromatic carbocycles. The molecule has 0 radical (unpaired) electrons. The van der Waals surface area contributed by atoms with Gasteiger partial charge in [0.1, 0.15) is 11.9 Å². The van der Waals surface area contributed by atoms with Crippen molar-refractivity contribution < 1.29 is 19.4 Å². The fourth-order valence-electron chi connectivity index (χ4n) is 4.81. The van der Waals surface area contributed by atoms with Gasteiger partial charge >= 0.3 is 0 Å². The standard InChI is InChI=1S/C22H23ClFNO3/c23-15-6-4-5-14(11-15)20(19(27)13-26)25-18-12-16(24)7-8-17(18)22(21(25)28)9-2-1-3-10-22/h4-8,11-12,19-20,26-27H,1-3,9-10,13H2/t19-,20+/m1/s1. The van der Waals surface area contributed by atoms with Gasteiger partial charge < -0.3 is 15.1 Å². The third-order valence-electron chi connectivity index (χ3n) is 6.09. The molecule has 6 heteroatoms. The predicted octanol–water partition coefficient (Wildman–Crippen LogP) is 4.12. The van der Waals surface area contributed by atoms with Crippen LogP contribution in [0, 0.1) is 5.82 Å². The van der Waals surface area contributed by atoms with Gasteiger partial charge in [-0.2, -0.15) is 0 Å². The van der Waals surface area contributed by atoms with E-state index in [1.165, 1.54) is 17.0 Å². The van der Waals surface area contributed by atoms with E-state index in [0.29, 0.717) is 29.1 Å². The third-order valence-corrected chi connectivity index (χ3v) is 6.33. The zero-order valence-electron chi connectivity index (χ0n) is 15.4. The highest BCUT2D eigenvalue weighted by molar-refractivity contribution is 6.30. The number of halogens is 2. The minimum absolute atomic E-state index is 0.134. The first-order valence-corrected chi connectivity index (χ1v) is 10.0. The van der Waals surface area contributed by atoms with E-state index in [4.69, 9.17) is 11.6 Å². The molecular weight excluding hydrogens is 381 g/mol. The maximum atomic E-state index is 14.2. The van der Waals surface area contributed by atoms with Crippen LogP contribution in [0.15, 0.2) is 42.5 Å². The number of nitrogens with zero attached hydrogens (tertiary/aromatic N) is 1. The lowest BCUT2D eigenvalue weighted by atomic mass is 9.70. The van der Waals surface area contributed by atoms with Crippen LogP contribution < -0.4 is 4.90 Å². The zero-order chi connectivity index (χ0) is 19.9. The summed E-state index contributed by atoms with van der Waals surface area (Å²) in [5, 5.41) is 20.8. The first-order valence-electron chi connectivity index (χ1n) is 9.66. The molecule has 1 amide bonds. The fourth-order valence-corrected chi connectivity index (χ4v) is 5.01. The van der Waals surface area contributed by atoms with E-state index in [1.54, 1.807) is 30.3 Å². The van der Waals surface area contributed by atoms with Gasteiger partial charge in [0.05, 0.1) is 23.8 Å². The van der Waals surface area contributed by atoms with Crippen LogP contribution >= 0.6 is 11.6 Å². The minimum atomic E-state index is -1.22. The molecule has 1 spiro atoms. The van der Waals surface area contributed by atoms with Gasteiger partial charge in [0.25, 0.3) is 0 Å². The summed E-state index contributed by atoms with van der Waals surface area (Å²) in [6.07, 6.45) is 3.12. The Morgan fingerprint density at radius 2 is 1.89 bits per heavy atom. The molecule has 4 nitrogen and oxygen atoms in total. The molecular formula is C22H23ClFNO3. The SMILES string of the molecule is O=C1N([C@@H](c2cccc(Cl)c2)[C@H](O)CO)c2cc(F)ccc2C12CCCCC2. The lowest BCUT2D eigenvalue weighted by molar-refractivity contribution is -0.125. The highest BCUT2D eigenvalue weighted by atomic mass is 35.5. The molecule has 148 valence electrons. The van der Waals surface area contributed by atoms with Crippen LogP contribution in [0.1, 0.15) is 49.3 Å². The van der Waals surface area contributed by atoms with Gasteiger partial charge in [0.2, 0.25) is 5.91 Å². The smallest absolute Gasteiger partial charge is 0.238 e. The van der Waals surface area contributed by atoms with E-state index in [1.807, 2.05) is 0 Å². The molecule has 1 saturated carbocycles. The number of amides is 1. The van der Waals surface area contributed by atoms with Crippen molar-refractivity contribution in [3.63, 3.8) is 0 Å². The second-order valence-corrected chi connectivity index (χ2v) is 8.17. The number of aliphatic hydroxyl groups is 2. The first-order chi connectivity index (χ1) is 13.5. The monoisotopic (exact) mass is 403 g/mol. The summed E-state index contributed by atoms with van der Waals surface area (Å²) in [5.41, 5.74) is 1.21. The summed E-state index contributed by atoms with van der Waals surface area (Å²) in [5.74, 6) is -0.571. The van der Waals surface area contributed by atoms with Crippen LogP contribution in [0.4, 0.5) is 10.1 Å². The van der Waals surface area contributed by atoms with E-state index in [0.717, 1.165) is 24.8 Å². The molecule has 1 fully saturated rings. The summed E-state index contributed by atoms with van der Waals surface area (Å²) in [6.45, 7) is -0.529. The molecule has 1 aliphatic carbocycles. The summed E-state index contributed by atoms with van der Waals surface area (Å²) in [7, 11) is 0. The Balaban J connectivity index is 1.89. The van der Waals surface area contributed by atoms with Crippen LogP contribution in [0.25, 0.3) is 0 Å². The number of hydrogen-bond donors (Lipinski definition) is 2. The molecule has 0 bridgehead atoms. The summed E-state index contributed by atoms with van der Waals surface area (Å²) < 4.78 is 14.2. The fraction of sp³-hybridized carbons (Fsp3) is 0.409. The van der Waals surface area contributed by atoms with E-state index in [-0.39, 0.29) is 5.91 Å². The van der Waals surface area contributed by atoms with Gasteiger partial charge in [0, 0.05) is 5.02 Å². The summed E-state index contributed by atoms with van der Waals surface area (Å²) in [4.78, 5) is 15.2. The van der Waals surface area contributed by atoms with Gasteiger partial charge in [0.15, 0.2) is 0 Å². The van der Waals surface area contributed by atoms with Crippen molar-refractivity contribution in [2.24, 2.45) is 0 Å². The number of carbonyl (C=O) groups is 1. The Morgan fingerprint density at radius 3 is 2.57 bits per heavy atom. The number of aliphatic hydroxyl groups excluding tert-OH is 2. The van der Waals surface area contributed by atoms with E-state index >= 15 is 0 Å². The van der Waals surface area contributed by atoms with Gasteiger partial charge in [-0.15, -0.1) is 0 Å². The van der Waals surface area contributed by atoms with Crippen LogP contribution in [-0.4, -0.2) is 28.8 Å². The van der Waals surface area contributed by atoms with Crippen molar-refractivity contribution in [1.82, 2.24) is 0 Å². The van der Waals surface area contributed by atoms with Crippen LogP contribution in [0.5, 0.6) is 0 Å². The van der Waals surface area contributed by atoms with Crippen molar-refractivity contribution >= 4 is 23.2 Å². The molecule has 2 aliphatic rings. The number of hydrogen-bond acceptors (Lipinski definition) is 3. The highest BCUT2D eigenvalue weighted by Gasteiger charge is 2.53. The van der Waals surface area contributed by atoms with Crippen molar-refractivity contribution in [1.29, 1.82) is 0 Å². The van der Waals surface area contributed by atoms with E-state index in [2.05, 4.69) is 0 Å². The second kappa shape index (κ2) is 7.47. The molecule has 2 N–H and O–H groups in total. The van der Waals surface area contributed by atoms with Crippen LogP contribution in [0.3, 0.4) is 0 Å². The Kier molecular flexibility index (Phi) is 5.17. The van der Waals surface area contributed by atoms with Crippen LogP contribution in [-0.2, 0) is 10.2 Å². The molecule has 2 atom stereocenters. The number of anilines is 1. The lowest BCUT2D eigenvalue weighted by Crippen LogP contribution is -2.46. The first kappa shape index (κ1) is 19.4. The van der Waals surface area contributed by atoms with Gasteiger partial charge in [-0.3, -0.25) is 4.79 Å². The number of carbonyl (C=O) groups excluding carboxylic acids is 1. The van der Waals surface area contributed by atoms with Gasteiger partial charge in [-0.1, -0.05) is 49.1 Å². The van der Waals surface area contributed by atoms with Crippen molar-refractivity contribution in [3.8, 4) is 0 Å². The zero-order valence-corrected chi connectivity index (χ0v) is 16.2. The molecule has 0 aromatic heterocycles. The van der Waals surface area contributed by atoms with E-state index < -0.39 is 30.0 Å². The Bertz CT molecular complexity index is 897. The average molecular weight is 404 g/mol. The Morgan fingerprint density at radius 1 is 1.14 bits per heavy atom. The van der Waals surface area contributed by atoms with E-state index in [9.17, 15) is 19.4 Å². The number of benzene rings is 2. The van der Waals surface area contributed by atoms with Gasteiger partial charge in [-0.25, -0.2) is 4.39 Å². The molecule has 28 heavy (non-hydrogen) atoms. The van der Waals surface area contributed by atoms with Gasteiger partial charge in [-0.05, 0) is 48.2 Å². The highest BCUT2D eigenvalue weighted by Crippen LogP contribution is 2.53. The number of fused-ring (bicyclic) bond motifs is 2. The minimum Gasteiger partial charge on any atom is -0.394 e. The van der Waals surface area contributed by atoms with Crippen molar-refractivity contribution in [2.45, 2.75) is 49.7 Å². The molecule has 1 heterocycles. The number of rotatable bonds is 4. The maximum Gasteiger partial charge on any atom is 0.238 e. The quantitative estimate of drug-likeness (QED) is 0.807. The second-order valence-electron chi connectivity index (χ2n) is 7.73. The Labute approximate surface area is 168 Å². The molecule has 4 rings (SSSR count). The largest absolute Gasteiger partial charge is 0.394 e. The summed E-state index contributed by atoms with van der Waals surface area (Å²) >= 11 is 6.14. The van der Waals surface area contributed by atoms with Crippen molar-refractivity contribution in [2.75, 3.05) is 11.5 Å². The topological polar surface area (TPSA) is 60.8 Å². The lowest BCUT2D eigenvalue weighted by Gasteiger charge is -2.36. The molecule has 0 saturated heterocycles. The van der Waals surface area contributed by atoms with Crippen LogP contribution in [0.2, 0.25) is 5.02 Å². The summed E-state index contributed by atoms with van der Waals surface area (Å²) in [6, 6.07) is 10.5. The normalized spacial score (nSPS) is 20.3. The third kappa shape index (κ3) is 3.02. The Hall–Kier alpha value is -1.95. The molecule has 0 unspecified atom stereocenters. The molecule has 2 aromatic rings. The van der Waals surface area contributed by atoms with Crippen molar-refractivity contribution in [3.05, 3.63) is 64.4 Å². The maximum absolute atomic E-state index is 14.2. The molecule has 1 aliphatic heterocycles. The average Bonchev–Trinajstić information content (AvgIpc) is 2.91. The predicted molar refractivity (Wildman–Crippen MR) is 106 cm³/mol.